The molecule has 0 fully saturated rings. The zero-order valence-corrected chi connectivity index (χ0v) is 11.2. The van der Waals surface area contributed by atoms with Gasteiger partial charge in [0.1, 0.15) is 5.82 Å². The van der Waals surface area contributed by atoms with Crippen molar-refractivity contribution in [2.75, 3.05) is 6.26 Å². The Morgan fingerprint density at radius 3 is 2.59 bits per heavy atom. The summed E-state index contributed by atoms with van der Waals surface area (Å²) >= 11 is 5.63. The molecule has 6 heteroatoms. The number of sulfone groups is 1. The van der Waals surface area contributed by atoms with Crippen LogP contribution >= 0.6 is 11.6 Å². The molecule has 2 atom stereocenters. The summed E-state index contributed by atoms with van der Waals surface area (Å²) in [5.74, 6) is -0.537. The van der Waals surface area contributed by atoms with Gasteiger partial charge in [0.05, 0.1) is 10.3 Å². The fourth-order valence-corrected chi connectivity index (χ4v) is 2.37. The van der Waals surface area contributed by atoms with Gasteiger partial charge in [0.25, 0.3) is 0 Å². The lowest BCUT2D eigenvalue weighted by molar-refractivity contribution is 0.549. The van der Waals surface area contributed by atoms with Crippen LogP contribution in [-0.2, 0) is 16.3 Å². The second-order valence-corrected chi connectivity index (χ2v) is 6.93. The molecule has 0 aliphatic heterocycles. The summed E-state index contributed by atoms with van der Waals surface area (Å²) in [6.45, 7) is 1.52. The molecule has 0 aliphatic rings. The molecule has 96 valence electrons. The topological polar surface area (TPSA) is 60.2 Å². The third kappa shape index (κ3) is 3.66. The van der Waals surface area contributed by atoms with E-state index in [1.165, 1.54) is 13.0 Å². The summed E-state index contributed by atoms with van der Waals surface area (Å²) < 4.78 is 36.2. The van der Waals surface area contributed by atoms with Gasteiger partial charge in [0, 0.05) is 12.3 Å². The molecule has 1 aromatic carbocycles. The van der Waals surface area contributed by atoms with Crippen LogP contribution < -0.4 is 5.73 Å². The predicted molar refractivity (Wildman–Crippen MR) is 67.4 cm³/mol. The molecule has 0 radical (unpaired) electrons. The standard InChI is InChI=1S/C11H15ClFNO2S/c1-7(17(2,15)16)10(14)6-8-4-3-5-9(12)11(8)13/h3-5,7,10H,6,14H2,1-2H3. The highest BCUT2D eigenvalue weighted by Crippen LogP contribution is 2.20. The van der Waals surface area contributed by atoms with Gasteiger partial charge in [0.2, 0.25) is 0 Å². The minimum Gasteiger partial charge on any atom is -0.326 e. The molecule has 0 saturated carbocycles. The van der Waals surface area contributed by atoms with E-state index in [1.54, 1.807) is 12.1 Å². The van der Waals surface area contributed by atoms with Crippen LogP contribution in [0.1, 0.15) is 12.5 Å². The van der Waals surface area contributed by atoms with Crippen LogP contribution in [0.5, 0.6) is 0 Å². The van der Waals surface area contributed by atoms with E-state index in [-0.39, 0.29) is 11.4 Å². The molecule has 2 unspecified atom stereocenters. The van der Waals surface area contributed by atoms with Crippen LogP contribution in [0.4, 0.5) is 4.39 Å². The van der Waals surface area contributed by atoms with Crippen LogP contribution in [0.25, 0.3) is 0 Å². The Hall–Kier alpha value is -0.650. The van der Waals surface area contributed by atoms with Crippen LogP contribution in [-0.4, -0.2) is 26.0 Å². The molecule has 0 spiro atoms. The second kappa shape index (κ2) is 5.33. The first-order valence-electron chi connectivity index (χ1n) is 5.11. The lowest BCUT2D eigenvalue weighted by Crippen LogP contribution is -2.39. The average Bonchev–Trinajstić information content (AvgIpc) is 2.22. The Kier molecular flexibility index (Phi) is 4.52. The number of hydrogen-bond donors (Lipinski definition) is 1. The van der Waals surface area contributed by atoms with E-state index < -0.39 is 26.9 Å². The number of rotatable bonds is 4. The third-order valence-corrected chi connectivity index (χ3v) is 4.76. The van der Waals surface area contributed by atoms with Crippen molar-refractivity contribution >= 4 is 21.4 Å². The molecule has 0 saturated heterocycles. The fourth-order valence-electron chi connectivity index (χ4n) is 1.44. The molecule has 0 bridgehead atoms. The molecule has 3 nitrogen and oxygen atoms in total. The smallest absolute Gasteiger partial charge is 0.151 e. The van der Waals surface area contributed by atoms with Crippen molar-refractivity contribution < 1.29 is 12.8 Å². The molecular formula is C11H15ClFNO2S. The van der Waals surface area contributed by atoms with Gasteiger partial charge in [-0.2, -0.15) is 0 Å². The number of hydrogen-bond acceptors (Lipinski definition) is 3. The molecule has 17 heavy (non-hydrogen) atoms. The first-order chi connectivity index (χ1) is 7.73. The number of benzene rings is 1. The Balaban J connectivity index is 2.89. The molecular weight excluding hydrogens is 265 g/mol. The molecule has 1 rings (SSSR count). The van der Waals surface area contributed by atoms with Crippen LogP contribution in [0, 0.1) is 5.82 Å². The van der Waals surface area contributed by atoms with Crippen molar-refractivity contribution in [3.63, 3.8) is 0 Å². The summed E-state index contributed by atoms with van der Waals surface area (Å²) in [4.78, 5) is 0. The largest absolute Gasteiger partial charge is 0.326 e. The Morgan fingerprint density at radius 2 is 2.06 bits per heavy atom. The molecule has 0 heterocycles. The Bertz CT molecular complexity index is 504. The van der Waals surface area contributed by atoms with E-state index in [0.717, 1.165) is 6.26 Å². The van der Waals surface area contributed by atoms with Crippen molar-refractivity contribution in [2.24, 2.45) is 5.73 Å². The van der Waals surface area contributed by atoms with Crippen molar-refractivity contribution in [1.82, 2.24) is 0 Å². The summed E-state index contributed by atoms with van der Waals surface area (Å²) in [5, 5.41) is -0.706. The van der Waals surface area contributed by atoms with Gasteiger partial charge >= 0.3 is 0 Å². The lowest BCUT2D eigenvalue weighted by atomic mass is 10.0. The molecule has 0 aliphatic carbocycles. The van der Waals surface area contributed by atoms with E-state index >= 15 is 0 Å². The minimum atomic E-state index is -3.23. The molecule has 0 aromatic heterocycles. The van der Waals surface area contributed by atoms with Crippen molar-refractivity contribution in [3.05, 3.63) is 34.6 Å². The maximum Gasteiger partial charge on any atom is 0.151 e. The average molecular weight is 280 g/mol. The van der Waals surface area contributed by atoms with E-state index in [9.17, 15) is 12.8 Å². The lowest BCUT2D eigenvalue weighted by Gasteiger charge is -2.18. The SMILES string of the molecule is CC(C(N)Cc1cccc(Cl)c1F)S(C)(=O)=O. The maximum atomic E-state index is 13.6. The van der Waals surface area contributed by atoms with Crippen molar-refractivity contribution in [3.8, 4) is 0 Å². The van der Waals surface area contributed by atoms with Gasteiger partial charge < -0.3 is 5.73 Å². The van der Waals surface area contributed by atoms with Gasteiger partial charge in [-0.15, -0.1) is 0 Å². The van der Waals surface area contributed by atoms with E-state index in [4.69, 9.17) is 17.3 Å². The predicted octanol–water partition coefficient (Wildman–Crippen LogP) is 1.78. The Labute approximate surface area is 106 Å². The van der Waals surface area contributed by atoms with Crippen molar-refractivity contribution in [1.29, 1.82) is 0 Å². The van der Waals surface area contributed by atoms with Crippen molar-refractivity contribution in [2.45, 2.75) is 24.6 Å². The van der Waals surface area contributed by atoms with Crippen LogP contribution in [0.15, 0.2) is 18.2 Å². The molecule has 0 amide bonds. The zero-order valence-electron chi connectivity index (χ0n) is 9.65. The molecule has 1 aromatic rings. The minimum absolute atomic E-state index is 0.0155. The van der Waals surface area contributed by atoms with Gasteiger partial charge in [-0.1, -0.05) is 23.7 Å². The zero-order chi connectivity index (χ0) is 13.2. The van der Waals surface area contributed by atoms with Gasteiger partial charge in [0.15, 0.2) is 9.84 Å². The van der Waals surface area contributed by atoms with Gasteiger partial charge in [-0.25, -0.2) is 12.8 Å². The summed E-state index contributed by atoms with van der Waals surface area (Å²) in [5.41, 5.74) is 6.10. The number of halogens is 2. The fraction of sp³-hybridized carbons (Fsp3) is 0.455. The summed E-state index contributed by atoms with van der Waals surface area (Å²) in [6, 6.07) is 3.94. The summed E-state index contributed by atoms with van der Waals surface area (Å²) in [7, 11) is -3.23. The normalized spacial score (nSPS) is 15.6. The van der Waals surface area contributed by atoms with E-state index in [0.29, 0.717) is 5.56 Å². The van der Waals surface area contributed by atoms with Gasteiger partial charge in [-0.05, 0) is 25.0 Å². The van der Waals surface area contributed by atoms with E-state index in [1.807, 2.05) is 0 Å². The van der Waals surface area contributed by atoms with Gasteiger partial charge in [-0.3, -0.25) is 0 Å². The highest BCUT2D eigenvalue weighted by atomic mass is 35.5. The van der Waals surface area contributed by atoms with Crippen LogP contribution in [0.3, 0.4) is 0 Å². The first-order valence-corrected chi connectivity index (χ1v) is 7.44. The number of nitrogens with two attached hydrogens (primary N) is 1. The summed E-state index contributed by atoms with van der Waals surface area (Å²) in [6.07, 6.45) is 1.26. The third-order valence-electron chi connectivity index (χ3n) is 2.77. The van der Waals surface area contributed by atoms with Crippen LogP contribution in [0.2, 0.25) is 5.02 Å². The first kappa shape index (κ1) is 14.4. The monoisotopic (exact) mass is 279 g/mol. The Morgan fingerprint density at radius 1 is 1.47 bits per heavy atom. The maximum absolute atomic E-state index is 13.6. The quantitative estimate of drug-likeness (QED) is 0.914. The second-order valence-electron chi connectivity index (χ2n) is 4.12. The highest BCUT2D eigenvalue weighted by Gasteiger charge is 2.24. The highest BCUT2D eigenvalue weighted by molar-refractivity contribution is 7.91. The van der Waals surface area contributed by atoms with E-state index in [2.05, 4.69) is 0 Å². The molecule has 2 N–H and O–H groups in total.